The van der Waals surface area contributed by atoms with E-state index in [1.54, 1.807) is 0 Å². The van der Waals surface area contributed by atoms with Crippen LogP contribution in [0, 0.1) is 5.92 Å². The van der Waals surface area contributed by atoms with Gasteiger partial charge in [0.05, 0.1) is 22.9 Å². The van der Waals surface area contributed by atoms with E-state index in [1.165, 1.54) is 32.5 Å². The van der Waals surface area contributed by atoms with Crippen molar-refractivity contribution in [1.29, 1.82) is 0 Å². The molecule has 0 bridgehead atoms. The van der Waals surface area contributed by atoms with Crippen LogP contribution < -0.4 is 5.32 Å². The van der Waals surface area contributed by atoms with Crippen LogP contribution in [0.2, 0.25) is 0 Å². The average Bonchev–Trinajstić information content (AvgIpc) is 3.00. The zero-order valence-corrected chi connectivity index (χ0v) is 12.8. The summed E-state index contributed by atoms with van der Waals surface area (Å²) in [6.45, 7) is 7.90. The Morgan fingerprint density at radius 3 is 2.76 bits per heavy atom. The van der Waals surface area contributed by atoms with Gasteiger partial charge in [-0.3, -0.25) is 4.98 Å². The lowest BCUT2D eigenvalue weighted by Gasteiger charge is -2.20. The zero-order chi connectivity index (χ0) is 14.5. The summed E-state index contributed by atoms with van der Waals surface area (Å²) in [5.41, 5.74) is 2.95. The van der Waals surface area contributed by atoms with Crippen LogP contribution in [0.1, 0.15) is 25.5 Å². The molecule has 1 aliphatic rings. The van der Waals surface area contributed by atoms with E-state index < -0.39 is 0 Å². The van der Waals surface area contributed by atoms with Crippen molar-refractivity contribution in [3.05, 3.63) is 36.2 Å². The number of hydrogen-bond acceptors (Lipinski definition) is 4. The molecule has 1 saturated heterocycles. The molecule has 1 N–H and O–H groups in total. The number of hydrogen-bond donors (Lipinski definition) is 1. The minimum atomic E-state index is 0.677. The summed E-state index contributed by atoms with van der Waals surface area (Å²) in [5.74, 6) is 0.677. The normalized spacial score (nSPS) is 17.4. The summed E-state index contributed by atoms with van der Waals surface area (Å²) in [6.07, 6.45) is 4.61. The van der Waals surface area contributed by atoms with Gasteiger partial charge in [0.25, 0.3) is 0 Å². The van der Waals surface area contributed by atoms with Crippen LogP contribution in [-0.2, 0) is 6.54 Å². The summed E-state index contributed by atoms with van der Waals surface area (Å²) >= 11 is 0. The Morgan fingerprint density at radius 1 is 1.19 bits per heavy atom. The van der Waals surface area contributed by atoms with Gasteiger partial charge >= 0.3 is 0 Å². The first-order chi connectivity index (χ1) is 10.3. The first-order valence-electron chi connectivity index (χ1n) is 7.95. The monoisotopic (exact) mass is 284 g/mol. The van der Waals surface area contributed by atoms with Gasteiger partial charge in [-0.15, -0.1) is 0 Å². The van der Waals surface area contributed by atoms with Crippen LogP contribution in [0.25, 0.3) is 11.0 Å². The van der Waals surface area contributed by atoms with Crippen LogP contribution in [0.4, 0.5) is 0 Å². The number of rotatable bonds is 6. The van der Waals surface area contributed by atoms with E-state index in [4.69, 9.17) is 0 Å². The van der Waals surface area contributed by atoms with E-state index in [0.717, 1.165) is 29.8 Å². The Hall–Kier alpha value is -1.52. The molecule has 1 fully saturated rings. The summed E-state index contributed by atoms with van der Waals surface area (Å²) < 4.78 is 0. The fraction of sp³-hybridized carbons (Fsp3) is 0.529. The van der Waals surface area contributed by atoms with E-state index in [0.29, 0.717) is 5.92 Å². The molecule has 4 heteroatoms. The number of nitrogens with one attached hydrogen (secondary N) is 1. The molecular weight excluding hydrogens is 260 g/mol. The number of fused-ring (bicyclic) bond motifs is 1. The molecule has 0 amide bonds. The van der Waals surface area contributed by atoms with Gasteiger partial charge < -0.3 is 10.2 Å². The van der Waals surface area contributed by atoms with Crippen LogP contribution in [-0.4, -0.2) is 41.0 Å². The van der Waals surface area contributed by atoms with E-state index in [2.05, 4.69) is 27.1 Å². The predicted octanol–water partition coefficient (Wildman–Crippen LogP) is 2.45. The smallest absolute Gasteiger partial charge is 0.0890 e. The Bertz CT molecular complexity index is 578. The third-order valence-electron chi connectivity index (χ3n) is 4.07. The van der Waals surface area contributed by atoms with Crippen molar-refractivity contribution in [2.24, 2.45) is 5.92 Å². The van der Waals surface area contributed by atoms with Gasteiger partial charge in [-0.05, 0) is 50.5 Å². The third-order valence-corrected chi connectivity index (χ3v) is 4.07. The van der Waals surface area contributed by atoms with Crippen molar-refractivity contribution in [1.82, 2.24) is 20.2 Å². The maximum atomic E-state index is 4.64. The van der Waals surface area contributed by atoms with Gasteiger partial charge in [-0.25, -0.2) is 4.98 Å². The van der Waals surface area contributed by atoms with Crippen LogP contribution in [0.15, 0.2) is 30.5 Å². The molecule has 0 spiro atoms. The van der Waals surface area contributed by atoms with Crippen molar-refractivity contribution in [3.8, 4) is 0 Å². The number of aromatic nitrogens is 2. The van der Waals surface area contributed by atoms with Crippen molar-refractivity contribution < 1.29 is 0 Å². The molecule has 21 heavy (non-hydrogen) atoms. The van der Waals surface area contributed by atoms with Crippen molar-refractivity contribution in [2.45, 2.75) is 26.3 Å². The molecular formula is C17H24N4. The van der Waals surface area contributed by atoms with Crippen LogP contribution in [0.3, 0.4) is 0 Å². The standard InChI is InChI=1S/C17H24N4/c1-14(13-21-8-4-5-9-21)10-18-11-15-12-19-16-6-2-3-7-17(16)20-15/h2-3,6-7,12,14,18H,4-5,8-11,13H2,1H3. The van der Waals surface area contributed by atoms with Crippen molar-refractivity contribution in [2.75, 3.05) is 26.2 Å². The van der Waals surface area contributed by atoms with Crippen LogP contribution in [0.5, 0.6) is 0 Å². The predicted molar refractivity (Wildman–Crippen MR) is 86.1 cm³/mol. The SMILES string of the molecule is CC(CNCc1cnc2ccccc2n1)CN1CCCC1. The van der Waals surface area contributed by atoms with Crippen molar-refractivity contribution in [3.63, 3.8) is 0 Å². The largest absolute Gasteiger partial charge is 0.311 e. The second-order valence-corrected chi connectivity index (χ2v) is 6.09. The maximum Gasteiger partial charge on any atom is 0.0890 e. The molecule has 4 nitrogen and oxygen atoms in total. The van der Waals surface area contributed by atoms with Gasteiger partial charge in [0.15, 0.2) is 0 Å². The molecule has 0 radical (unpaired) electrons. The molecule has 1 aliphatic heterocycles. The molecule has 112 valence electrons. The van der Waals surface area contributed by atoms with E-state index in [-0.39, 0.29) is 0 Å². The molecule has 1 atom stereocenters. The molecule has 1 aromatic carbocycles. The zero-order valence-electron chi connectivity index (χ0n) is 12.8. The molecule has 3 rings (SSSR count). The average molecular weight is 284 g/mol. The topological polar surface area (TPSA) is 41.1 Å². The van der Waals surface area contributed by atoms with Gasteiger partial charge in [0, 0.05) is 13.1 Å². The van der Waals surface area contributed by atoms with Gasteiger partial charge in [-0.2, -0.15) is 0 Å². The highest BCUT2D eigenvalue weighted by Crippen LogP contribution is 2.10. The van der Waals surface area contributed by atoms with Gasteiger partial charge in [-0.1, -0.05) is 19.1 Å². The first kappa shape index (κ1) is 14.4. The molecule has 1 aromatic heterocycles. The Morgan fingerprint density at radius 2 is 1.95 bits per heavy atom. The van der Waals surface area contributed by atoms with Crippen molar-refractivity contribution >= 4 is 11.0 Å². The number of para-hydroxylation sites is 2. The molecule has 0 aliphatic carbocycles. The number of nitrogens with zero attached hydrogens (tertiary/aromatic N) is 3. The van der Waals surface area contributed by atoms with Crippen LogP contribution >= 0.6 is 0 Å². The summed E-state index contributed by atoms with van der Waals surface area (Å²) in [7, 11) is 0. The minimum absolute atomic E-state index is 0.677. The lowest BCUT2D eigenvalue weighted by atomic mass is 10.1. The van der Waals surface area contributed by atoms with Gasteiger partial charge in [0.1, 0.15) is 0 Å². The third kappa shape index (κ3) is 3.99. The Kier molecular flexibility index (Phi) is 4.78. The maximum absolute atomic E-state index is 4.64. The number of benzene rings is 1. The number of likely N-dealkylation sites (tertiary alicyclic amines) is 1. The first-order valence-corrected chi connectivity index (χ1v) is 7.95. The van der Waals surface area contributed by atoms with E-state index in [1.807, 2.05) is 30.5 Å². The summed E-state index contributed by atoms with van der Waals surface area (Å²) in [4.78, 5) is 11.7. The lowest BCUT2D eigenvalue weighted by molar-refractivity contribution is 0.282. The second-order valence-electron chi connectivity index (χ2n) is 6.09. The van der Waals surface area contributed by atoms with E-state index >= 15 is 0 Å². The molecule has 2 heterocycles. The van der Waals surface area contributed by atoms with Gasteiger partial charge in [0.2, 0.25) is 0 Å². The lowest BCUT2D eigenvalue weighted by Crippen LogP contribution is -2.31. The summed E-state index contributed by atoms with van der Waals surface area (Å²) in [6, 6.07) is 8.01. The Labute approximate surface area is 126 Å². The molecule has 0 saturated carbocycles. The Balaban J connectivity index is 1.47. The molecule has 1 unspecified atom stereocenters. The highest BCUT2D eigenvalue weighted by Gasteiger charge is 2.14. The quantitative estimate of drug-likeness (QED) is 0.884. The second kappa shape index (κ2) is 6.96. The highest BCUT2D eigenvalue weighted by atomic mass is 15.1. The fourth-order valence-electron chi connectivity index (χ4n) is 3.00. The molecule has 2 aromatic rings. The van der Waals surface area contributed by atoms with E-state index in [9.17, 15) is 0 Å². The minimum Gasteiger partial charge on any atom is -0.311 e. The summed E-state index contributed by atoms with van der Waals surface area (Å²) in [5, 5.41) is 3.51. The highest BCUT2D eigenvalue weighted by molar-refractivity contribution is 5.73. The fourth-order valence-corrected chi connectivity index (χ4v) is 3.00.